The molecule has 0 aromatic rings. The number of Topliss-reactive ketones (excluding diaryl/α,β-unsaturated/α-hetero) is 1. The smallest absolute Gasteiger partial charge is 0.299 e. The van der Waals surface area contributed by atoms with Gasteiger partial charge in [-0.05, 0) is 6.42 Å². The van der Waals surface area contributed by atoms with E-state index in [0.717, 1.165) is 6.42 Å². The van der Waals surface area contributed by atoms with Crippen LogP contribution in [0, 0.1) is 74.9 Å². The average Bonchev–Trinajstić information content (AvgIpc) is 2.76. The zero-order valence-corrected chi connectivity index (χ0v) is 13.3. The van der Waals surface area contributed by atoms with Crippen LogP contribution in [-0.4, -0.2) is 5.78 Å². The minimum Gasteiger partial charge on any atom is -0.299 e. The summed E-state index contributed by atoms with van der Waals surface area (Å²) in [7, 11) is 0. The third kappa shape index (κ3) is 3.39. The zero-order valence-electron chi connectivity index (χ0n) is 11.3. The molecule has 20 heavy (non-hydrogen) atoms. The number of carbonyl (C=O) groups excluding carboxylic acids is 1. The third-order valence-corrected chi connectivity index (χ3v) is 2.73. The van der Waals surface area contributed by atoms with E-state index < -0.39 is 0 Å². The van der Waals surface area contributed by atoms with Crippen LogP contribution >= 0.6 is 0 Å². The topological polar surface area (TPSA) is 112 Å². The standard InChI is InChI=1S/C14H9N4O.Na/c1-2-3-4-13(19)14-11(7-17)9(5-15)10(6-16)12(14)8-18;/h2-4H2,1H3;/q;+1. The molecule has 1 fully saturated rings. The summed E-state index contributed by atoms with van der Waals surface area (Å²) in [5, 5.41) is 36.1. The van der Waals surface area contributed by atoms with E-state index in [1.807, 2.05) is 6.92 Å². The monoisotopic (exact) mass is 272 g/mol. The Morgan fingerprint density at radius 2 is 1.30 bits per heavy atom. The van der Waals surface area contributed by atoms with Crippen molar-refractivity contribution in [1.29, 1.82) is 21.0 Å². The van der Waals surface area contributed by atoms with Gasteiger partial charge in [0.1, 0.15) is 29.5 Å². The van der Waals surface area contributed by atoms with E-state index in [0.29, 0.717) is 6.42 Å². The van der Waals surface area contributed by atoms with Gasteiger partial charge in [0.15, 0.2) is 0 Å². The zero-order chi connectivity index (χ0) is 14.4. The summed E-state index contributed by atoms with van der Waals surface area (Å²) in [6.07, 6.45) is 1.62. The van der Waals surface area contributed by atoms with Crippen LogP contribution in [0.5, 0.6) is 0 Å². The van der Waals surface area contributed by atoms with E-state index in [1.165, 1.54) is 0 Å². The largest absolute Gasteiger partial charge is 1.00 e. The van der Waals surface area contributed by atoms with Gasteiger partial charge >= 0.3 is 29.6 Å². The molecule has 0 aromatic carbocycles. The Morgan fingerprint density at radius 3 is 1.60 bits per heavy atom. The Kier molecular flexibility index (Phi) is 8.13. The number of hydrogen-bond acceptors (Lipinski definition) is 5. The molecule has 0 atom stereocenters. The van der Waals surface area contributed by atoms with Crippen LogP contribution in [0.2, 0.25) is 0 Å². The first-order chi connectivity index (χ1) is 9.15. The van der Waals surface area contributed by atoms with E-state index in [1.54, 1.807) is 24.3 Å². The van der Waals surface area contributed by atoms with Crippen molar-refractivity contribution in [3.05, 3.63) is 29.6 Å². The van der Waals surface area contributed by atoms with E-state index in [2.05, 4.69) is 0 Å². The second-order valence-corrected chi connectivity index (χ2v) is 3.85. The van der Waals surface area contributed by atoms with Crippen molar-refractivity contribution >= 4 is 5.78 Å². The van der Waals surface area contributed by atoms with E-state index >= 15 is 0 Å². The quantitative estimate of drug-likeness (QED) is 0.592. The summed E-state index contributed by atoms with van der Waals surface area (Å²) < 4.78 is 0. The van der Waals surface area contributed by atoms with Gasteiger partial charge in [-0.15, -0.1) is 0 Å². The Labute approximate surface area is 141 Å². The van der Waals surface area contributed by atoms with Gasteiger partial charge in [0.25, 0.3) is 0 Å². The second-order valence-electron chi connectivity index (χ2n) is 3.85. The summed E-state index contributed by atoms with van der Waals surface area (Å²) in [6, 6.07) is 6.96. The van der Waals surface area contributed by atoms with Crippen molar-refractivity contribution in [1.82, 2.24) is 0 Å². The molecule has 0 saturated heterocycles. The third-order valence-electron chi connectivity index (χ3n) is 2.73. The van der Waals surface area contributed by atoms with Crippen LogP contribution < -0.4 is 29.6 Å². The van der Waals surface area contributed by atoms with Crippen molar-refractivity contribution in [3.8, 4) is 24.3 Å². The molecule has 5 nitrogen and oxygen atoms in total. The number of carbonyl (C=O) groups is 1. The Hall–Kier alpha value is -1.37. The second kappa shape index (κ2) is 8.73. The molecule has 91 valence electrons. The van der Waals surface area contributed by atoms with Gasteiger partial charge in [-0.2, -0.15) is 21.0 Å². The molecule has 0 unspecified atom stereocenters. The number of unbranched alkanes of at least 4 members (excludes halogenated alkanes) is 1. The molecule has 1 aliphatic rings. The van der Waals surface area contributed by atoms with E-state index in [4.69, 9.17) is 21.0 Å². The predicted octanol–water partition coefficient (Wildman–Crippen LogP) is -1.27. The molecule has 0 spiro atoms. The minimum absolute atomic E-state index is 0. The molecule has 5 radical (unpaired) electrons. The number of hydrogen-bond donors (Lipinski definition) is 0. The molecule has 0 amide bonds. The van der Waals surface area contributed by atoms with Gasteiger partial charge in [0.2, 0.25) is 0 Å². The minimum atomic E-state index is -0.368. The summed E-state index contributed by atoms with van der Waals surface area (Å²) in [6.45, 7) is 1.91. The van der Waals surface area contributed by atoms with Gasteiger partial charge in [-0.3, -0.25) is 4.79 Å². The van der Waals surface area contributed by atoms with Gasteiger partial charge in [0.05, 0.1) is 30.2 Å². The van der Waals surface area contributed by atoms with E-state index in [-0.39, 0.29) is 71.4 Å². The summed E-state index contributed by atoms with van der Waals surface area (Å²) in [5.41, 5.74) is 0. The molecular weight excluding hydrogens is 263 g/mol. The van der Waals surface area contributed by atoms with Crippen LogP contribution in [0.25, 0.3) is 0 Å². The van der Waals surface area contributed by atoms with Crippen molar-refractivity contribution in [2.24, 2.45) is 0 Å². The molecular formula is C14H9N4NaO+. The maximum atomic E-state index is 12.0. The Bertz CT molecular complexity index is 481. The molecule has 1 saturated carbocycles. The molecule has 0 N–H and O–H groups in total. The van der Waals surface area contributed by atoms with Crippen LogP contribution in [0.15, 0.2) is 0 Å². The molecule has 0 aromatic heterocycles. The molecule has 6 heteroatoms. The fourth-order valence-corrected chi connectivity index (χ4v) is 1.81. The maximum absolute atomic E-state index is 12.0. The number of rotatable bonds is 4. The van der Waals surface area contributed by atoms with Crippen LogP contribution in [-0.2, 0) is 4.79 Å². The molecule has 1 aliphatic carbocycles. The van der Waals surface area contributed by atoms with Crippen molar-refractivity contribution in [3.63, 3.8) is 0 Å². The fourth-order valence-electron chi connectivity index (χ4n) is 1.81. The first kappa shape index (κ1) is 18.6. The van der Waals surface area contributed by atoms with Gasteiger partial charge < -0.3 is 0 Å². The van der Waals surface area contributed by atoms with Crippen molar-refractivity contribution in [2.75, 3.05) is 0 Å². The number of nitriles is 4. The molecule has 0 heterocycles. The van der Waals surface area contributed by atoms with Crippen molar-refractivity contribution < 1.29 is 34.4 Å². The van der Waals surface area contributed by atoms with Crippen LogP contribution in [0.1, 0.15) is 26.2 Å². The van der Waals surface area contributed by atoms with Crippen LogP contribution in [0.4, 0.5) is 0 Å². The van der Waals surface area contributed by atoms with E-state index in [9.17, 15) is 4.79 Å². The van der Waals surface area contributed by atoms with Gasteiger partial charge in [-0.1, -0.05) is 13.3 Å². The predicted molar refractivity (Wildman–Crippen MR) is 63.2 cm³/mol. The first-order valence-electron chi connectivity index (χ1n) is 5.66. The maximum Gasteiger partial charge on any atom is 1.00 e. The number of ketones is 1. The molecule has 0 aliphatic heterocycles. The Morgan fingerprint density at radius 1 is 0.900 bits per heavy atom. The van der Waals surface area contributed by atoms with Crippen LogP contribution in [0.3, 0.4) is 0 Å². The Balaban J connectivity index is 0.00000361. The summed E-state index contributed by atoms with van der Waals surface area (Å²) >= 11 is 0. The van der Waals surface area contributed by atoms with Gasteiger partial charge in [-0.25, -0.2) is 0 Å². The number of nitrogens with zero attached hydrogens (tertiary/aromatic N) is 4. The SMILES string of the molecule is CCCCC(=O)[C]1[C](C#N)[C](C#N)[C](C#N)[C]1C#N.[Na+]. The van der Waals surface area contributed by atoms with Crippen molar-refractivity contribution in [2.45, 2.75) is 26.2 Å². The summed E-state index contributed by atoms with van der Waals surface area (Å²) in [5.74, 6) is -1.12. The average molecular weight is 272 g/mol. The normalized spacial score (nSPS) is 17.4. The molecule has 1 rings (SSSR count). The first-order valence-corrected chi connectivity index (χ1v) is 5.66. The summed E-state index contributed by atoms with van der Waals surface area (Å²) in [4.78, 5) is 12.0. The van der Waals surface area contributed by atoms with Gasteiger partial charge in [0, 0.05) is 6.42 Å². The fraction of sp³-hybridized carbons (Fsp3) is 0.286. The molecule has 0 bridgehead atoms.